The number of unbranched alkanes of at least 4 members (excludes halogenated alkanes) is 10. The Morgan fingerprint density at radius 3 is 1.44 bits per heavy atom. The van der Waals surface area contributed by atoms with Crippen molar-refractivity contribution in [3.63, 3.8) is 0 Å². The molecule has 2 aromatic heterocycles. The molecule has 0 aromatic carbocycles. The van der Waals surface area contributed by atoms with E-state index in [-0.39, 0.29) is 0 Å². The zero-order valence-corrected chi connectivity index (χ0v) is 23.0. The zero-order chi connectivity index (χ0) is 19.0. The third kappa shape index (κ3) is 5.37. The van der Waals surface area contributed by atoms with Gasteiger partial charge >= 0.3 is 183 Å². The van der Waals surface area contributed by atoms with Gasteiger partial charge in [0.25, 0.3) is 0 Å². The first-order valence-corrected chi connectivity index (χ1v) is 20.3. The second-order valence-corrected chi connectivity index (χ2v) is 21.2. The topological polar surface area (TPSA) is 0 Å². The van der Waals surface area contributed by atoms with E-state index in [2.05, 4.69) is 35.9 Å². The van der Waals surface area contributed by atoms with Crippen LogP contribution in [0.3, 0.4) is 0 Å². The molecular weight excluding hydrogens is 519 g/mol. The minimum atomic E-state index is -2.05. The van der Waals surface area contributed by atoms with Crippen LogP contribution in [0.2, 0.25) is 10.5 Å². The SMILES string of the molecule is CCCCCCC[CH2][Ge]1([CH2]CCCCCCC)[c]2cc[se]c2-c2[se]cc[c]21. The molecule has 0 unspecified atom stereocenters. The maximum absolute atomic E-state index is 2.63. The van der Waals surface area contributed by atoms with Crippen LogP contribution >= 0.6 is 0 Å². The predicted molar refractivity (Wildman–Crippen MR) is 127 cm³/mol. The van der Waals surface area contributed by atoms with E-state index in [9.17, 15) is 0 Å². The molecule has 1 aliphatic heterocycles. The fraction of sp³-hybridized carbons (Fsp3) is 0.667. The van der Waals surface area contributed by atoms with Crippen LogP contribution in [0.1, 0.15) is 90.9 Å². The molecule has 0 bridgehead atoms. The van der Waals surface area contributed by atoms with E-state index in [0.717, 1.165) is 0 Å². The first-order valence-electron chi connectivity index (χ1n) is 11.5. The molecule has 0 nitrogen and oxygen atoms in total. The van der Waals surface area contributed by atoms with Crippen molar-refractivity contribution in [3.05, 3.63) is 22.0 Å². The van der Waals surface area contributed by atoms with Gasteiger partial charge in [-0.05, 0) is 0 Å². The monoisotopic (exact) mass is 560 g/mol. The van der Waals surface area contributed by atoms with Gasteiger partial charge in [-0.1, -0.05) is 0 Å². The fourth-order valence-electron chi connectivity index (χ4n) is 4.95. The van der Waals surface area contributed by atoms with Gasteiger partial charge in [-0.2, -0.15) is 0 Å². The van der Waals surface area contributed by atoms with E-state index < -0.39 is 13.3 Å². The van der Waals surface area contributed by atoms with Gasteiger partial charge in [-0.3, -0.25) is 0 Å². The van der Waals surface area contributed by atoms with Gasteiger partial charge in [0, 0.05) is 0 Å². The molecule has 3 rings (SSSR count). The molecule has 0 saturated heterocycles. The molecular formula is C24H38GeSe2. The Morgan fingerprint density at radius 2 is 1.00 bits per heavy atom. The first-order chi connectivity index (χ1) is 13.3. The molecule has 3 heteroatoms. The van der Waals surface area contributed by atoms with Gasteiger partial charge in [0.05, 0.1) is 0 Å². The standard InChI is InChI=1S/C24H38GeSe2/c1-3-5-7-9-11-13-17-25(18-14-12-10-8-6-4-2)21-15-19-26-23(21)24-22(25)16-20-27-24/h15-16,19-20H,3-14,17-18H2,1-2H3. The third-order valence-electron chi connectivity index (χ3n) is 6.48. The van der Waals surface area contributed by atoms with E-state index in [1.807, 2.05) is 17.7 Å². The van der Waals surface area contributed by atoms with Gasteiger partial charge in [0.1, 0.15) is 0 Å². The van der Waals surface area contributed by atoms with E-state index in [0.29, 0.717) is 29.0 Å². The Kier molecular flexibility index (Phi) is 9.60. The van der Waals surface area contributed by atoms with Crippen molar-refractivity contribution < 1.29 is 0 Å². The Morgan fingerprint density at radius 1 is 0.593 bits per heavy atom. The maximum atomic E-state index is 2.63. The summed E-state index contributed by atoms with van der Waals surface area (Å²) in [6, 6.07) is 5.26. The molecule has 3 heterocycles. The Hall–Kier alpha value is 0.542. The van der Waals surface area contributed by atoms with Crippen molar-refractivity contribution in [2.75, 3.05) is 0 Å². The van der Waals surface area contributed by atoms with Crippen LogP contribution in [0, 0.1) is 0 Å². The molecule has 0 spiro atoms. The predicted octanol–water partition coefficient (Wildman–Crippen LogP) is 6.07. The van der Waals surface area contributed by atoms with E-state index in [1.165, 1.54) is 77.0 Å². The first kappa shape index (κ1) is 22.2. The molecule has 0 aliphatic carbocycles. The molecule has 0 N–H and O–H groups in total. The van der Waals surface area contributed by atoms with Crippen molar-refractivity contribution in [3.8, 4) is 8.87 Å². The average Bonchev–Trinajstić information content (AvgIpc) is 3.38. The van der Waals surface area contributed by atoms with Gasteiger partial charge in [0.15, 0.2) is 0 Å². The molecule has 0 radical (unpaired) electrons. The van der Waals surface area contributed by atoms with Crippen LogP contribution in [0.5, 0.6) is 0 Å². The van der Waals surface area contributed by atoms with Crippen LogP contribution in [-0.2, 0) is 0 Å². The zero-order valence-electron chi connectivity index (χ0n) is 17.5. The number of rotatable bonds is 14. The van der Waals surface area contributed by atoms with Gasteiger partial charge in [-0.25, -0.2) is 0 Å². The Balaban J connectivity index is 1.65. The summed E-state index contributed by atoms with van der Waals surface area (Å²) < 4.78 is 7.71. The summed E-state index contributed by atoms with van der Waals surface area (Å²) in [5.74, 6) is 0. The number of hydrogen-bond acceptors (Lipinski definition) is 0. The summed E-state index contributed by atoms with van der Waals surface area (Å²) >= 11 is -0.718. The molecule has 0 atom stereocenters. The summed E-state index contributed by atoms with van der Waals surface area (Å²) in [6.07, 6.45) is 17.5. The summed E-state index contributed by atoms with van der Waals surface area (Å²) in [6.45, 7) is 4.65. The molecule has 150 valence electrons. The van der Waals surface area contributed by atoms with Crippen molar-refractivity contribution in [1.29, 1.82) is 0 Å². The van der Waals surface area contributed by atoms with Gasteiger partial charge in [0.2, 0.25) is 0 Å². The Bertz CT molecular complexity index is 611. The van der Waals surface area contributed by atoms with Crippen LogP contribution in [0.4, 0.5) is 0 Å². The van der Waals surface area contributed by atoms with Crippen molar-refractivity contribution >= 4 is 51.1 Å². The van der Waals surface area contributed by atoms with Gasteiger partial charge < -0.3 is 0 Å². The molecule has 1 aliphatic rings. The second kappa shape index (κ2) is 11.7. The van der Waals surface area contributed by atoms with Gasteiger partial charge in [-0.15, -0.1) is 0 Å². The van der Waals surface area contributed by atoms with Crippen LogP contribution in [0.25, 0.3) is 8.87 Å². The molecule has 27 heavy (non-hydrogen) atoms. The van der Waals surface area contributed by atoms with Crippen LogP contribution < -0.4 is 8.79 Å². The summed E-state index contributed by atoms with van der Waals surface area (Å²) in [4.78, 5) is 5.11. The fourth-order valence-corrected chi connectivity index (χ4v) is 27.7. The van der Waals surface area contributed by atoms with E-state index in [4.69, 9.17) is 0 Å². The third-order valence-corrected chi connectivity index (χ3v) is 23.9. The molecule has 0 saturated carbocycles. The average molecular weight is 557 g/mol. The quantitative estimate of drug-likeness (QED) is 0.196. The second-order valence-electron chi connectivity index (χ2n) is 8.44. The van der Waals surface area contributed by atoms with Crippen LogP contribution in [0.15, 0.2) is 22.0 Å². The molecule has 0 fully saturated rings. The van der Waals surface area contributed by atoms with Crippen LogP contribution in [-0.4, -0.2) is 42.3 Å². The van der Waals surface area contributed by atoms with Crippen molar-refractivity contribution in [2.45, 2.75) is 101 Å². The normalized spacial score (nSPS) is 14.4. The summed E-state index contributed by atoms with van der Waals surface area (Å²) in [7, 11) is 0. The number of fused-ring (bicyclic) bond motifs is 3. The number of hydrogen-bond donors (Lipinski definition) is 0. The molecule has 0 amide bonds. The minimum absolute atomic E-state index is 0.666. The van der Waals surface area contributed by atoms with E-state index in [1.54, 1.807) is 10.5 Å². The summed E-state index contributed by atoms with van der Waals surface area (Å²) in [5, 5.41) is 3.19. The van der Waals surface area contributed by atoms with Crippen molar-refractivity contribution in [2.24, 2.45) is 0 Å². The Labute approximate surface area is 182 Å². The van der Waals surface area contributed by atoms with E-state index >= 15 is 0 Å². The molecule has 2 aromatic rings. The summed E-state index contributed by atoms with van der Waals surface area (Å²) in [5.41, 5.74) is 0. The van der Waals surface area contributed by atoms with Crippen molar-refractivity contribution in [1.82, 2.24) is 0 Å².